The van der Waals surface area contributed by atoms with Crippen molar-refractivity contribution in [2.45, 2.75) is 26.2 Å². The molecule has 0 spiro atoms. The average Bonchev–Trinajstić information content (AvgIpc) is 2.50. The number of ether oxygens (including phenoxy) is 2. The van der Waals surface area contributed by atoms with E-state index < -0.39 is 0 Å². The Morgan fingerprint density at radius 1 is 1.30 bits per heavy atom. The topological polar surface area (TPSA) is 35.5 Å². The SMILES string of the molecule is CCCCC(=CC=CC(=O)OC)c1cccc(OC)c1. The van der Waals surface area contributed by atoms with Crippen LogP contribution in [0.25, 0.3) is 5.57 Å². The van der Waals surface area contributed by atoms with Gasteiger partial charge < -0.3 is 9.47 Å². The zero-order valence-corrected chi connectivity index (χ0v) is 12.4. The zero-order valence-electron chi connectivity index (χ0n) is 12.4. The molecule has 0 saturated carbocycles. The molecule has 0 aliphatic rings. The monoisotopic (exact) mass is 274 g/mol. The van der Waals surface area contributed by atoms with Crippen LogP contribution in [-0.2, 0) is 9.53 Å². The highest BCUT2D eigenvalue weighted by Crippen LogP contribution is 2.24. The number of hydrogen-bond donors (Lipinski definition) is 0. The molecule has 1 aromatic carbocycles. The summed E-state index contributed by atoms with van der Waals surface area (Å²) >= 11 is 0. The summed E-state index contributed by atoms with van der Waals surface area (Å²) < 4.78 is 9.83. The lowest BCUT2D eigenvalue weighted by atomic mass is 9.99. The standard InChI is InChI=1S/C17H22O3/c1-4-5-8-14(9-7-12-17(18)20-3)15-10-6-11-16(13-15)19-2/h6-7,9-13H,4-5,8H2,1-3H3. The Balaban J connectivity index is 2.95. The molecular formula is C17H22O3. The maximum atomic E-state index is 11.1. The van der Waals surface area contributed by atoms with Crippen LogP contribution in [0, 0.1) is 0 Å². The highest BCUT2D eigenvalue weighted by molar-refractivity contribution is 5.82. The van der Waals surface area contributed by atoms with Gasteiger partial charge in [0.25, 0.3) is 0 Å². The third kappa shape index (κ3) is 5.31. The van der Waals surface area contributed by atoms with Gasteiger partial charge in [-0.3, -0.25) is 0 Å². The van der Waals surface area contributed by atoms with Gasteiger partial charge in [0.2, 0.25) is 0 Å². The minimum absolute atomic E-state index is 0.346. The second kappa shape index (κ2) is 8.97. The number of esters is 1. The fourth-order valence-electron chi connectivity index (χ4n) is 1.82. The number of hydrogen-bond acceptors (Lipinski definition) is 3. The van der Waals surface area contributed by atoms with Crippen LogP contribution >= 0.6 is 0 Å². The molecule has 0 fully saturated rings. The van der Waals surface area contributed by atoms with Gasteiger partial charge in [-0.25, -0.2) is 4.79 Å². The van der Waals surface area contributed by atoms with Crippen molar-refractivity contribution < 1.29 is 14.3 Å². The van der Waals surface area contributed by atoms with E-state index in [1.165, 1.54) is 18.8 Å². The molecule has 0 aromatic heterocycles. The molecule has 1 aromatic rings. The van der Waals surface area contributed by atoms with Gasteiger partial charge in [-0.1, -0.05) is 37.6 Å². The van der Waals surface area contributed by atoms with Crippen molar-refractivity contribution in [2.24, 2.45) is 0 Å². The highest BCUT2D eigenvalue weighted by atomic mass is 16.5. The fraction of sp³-hybridized carbons (Fsp3) is 0.353. The van der Waals surface area contributed by atoms with Crippen LogP contribution in [0.1, 0.15) is 31.7 Å². The molecule has 3 heteroatoms. The van der Waals surface area contributed by atoms with Crippen LogP contribution in [0.3, 0.4) is 0 Å². The number of unbranched alkanes of at least 4 members (excludes halogenated alkanes) is 1. The molecule has 0 unspecified atom stereocenters. The van der Waals surface area contributed by atoms with Crippen LogP contribution in [0.2, 0.25) is 0 Å². The Hall–Kier alpha value is -2.03. The van der Waals surface area contributed by atoms with E-state index in [1.807, 2.05) is 24.3 Å². The van der Waals surface area contributed by atoms with E-state index in [0.29, 0.717) is 0 Å². The molecule has 0 N–H and O–H groups in total. The summed E-state index contributed by atoms with van der Waals surface area (Å²) in [5.74, 6) is 0.489. The number of carbonyl (C=O) groups excluding carboxylic acids is 1. The smallest absolute Gasteiger partial charge is 0.330 e. The Bertz CT molecular complexity index is 487. The van der Waals surface area contributed by atoms with E-state index in [2.05, 4.69) is 17.7 Å². The van der Waals surface area contributed by atoms with E-state index >= 15 is 0 Å². The van der Waals surface area contributed by atoms with Gasteiger partial charge in [-0.15, -0.1) is 0 Å². The molecule has 0 aliphatic heterocycles. The van der Waals surface area contributed by atoms with Crippen LogP contribution in [0.5, 0.6) is 5.75 Å². The Morgan fingerprint density at radius 2 is 2.10 bits per heavy atom. The number of rotatable bonds is 7. The minimum atomic E-state index is -0.346. The Labute approximate surface area is 120 Å². The molecule has 0 heterocycles. The fourth-order valence-corrected chi connectivity index (χ4v) is 1.82. The average molecular weight is 274 g/mol. The maximum absolute atomic E-state index is 11.1. The van der Waals surface area contributed by atoms with Gasteiger partial charge in [0.05, 0.1) is 14.2 Å². The van der Waals surface area contributed by atoms with Crippen molar-refractivity contribution in [1.29, 1.82) is 0 Å². The van der Waals surface area contributed by atoms with Crippen LogP contribution in [0.15, 0.2) is 42.5 Å². The molecule has 0 atom stereocenters. The first kappa shape index (κ1) is 16.0. The lowest BCUT2D eigenvalue weighted by molar-refractivity contribution is -0.134. The third-order valence-corrected chi connectivity index (χ3v) is 2.97. The first-order valence-electron chi connectivity index (χ1n) is 6.80. The van der Waals surface area contributed by atoms with Crippen molar-refractivity contribution in [2.75, 3.05) is 14.2 Å². The van der Waals surface area contributed by atoms with E-state index in [0.717, 1.165) is 30.6 Å². The molecule has 0 radical (unpaired) electrons. The van der Waals surface area contributed by atoms with Crippen molar-refractivity contribution in [1.82, 2.24) is 0 Å². The molecule has 20 heavy (non-hydrogen) atoms. The molecule has 0 amide bonds. The molecular weight excluding hydrogens is 252 g/mol. The number of carbonyl (C=O) groups is 1. The molecule has 1 rings (SSSR count). The van der Waals surface area contributed by atoms with E-state index in [4.69, 9.17) is 4.74 Å². The zero-order chi connectivity index (χ0) is 14.8. The van der Waals surface area contributed by atoms with Gasteiger partial charge in [-0.05, 0) is 36.1 Å². The predicted molar refractivity (Wildman–Crippen MR) is 81.7 cm³/mol. The Kier molecular flexibility index (Phi) is 7.18. The van der Waals surface area contributed by atoms with Gasteiger partial charge in [0.15, 0.2) is 0 Å². The third-order valence-electron chi connectivity index (χ3n) is 2.97. The van der Waals surface area contributed by atoms with Crippen LogP contribution in [0.4, 0.5) is 0 Å². The van der Waals surface area contributed by atoms with Crippen molar-refractivity contribution in [3.05, 3.63) is 48.1 Å². The lowest BCUT2D eigenvalue weighted by Gasteiger charge is -2.08. The minimum Gasteiger partial charge on any atom is -0.497 e. The molecule has 0 saturated heterocycles. The van der Waals surface area contributed by atoms with Gasteiger partial charge in [0, 0.05) is 6.08 Å². The van der Waals surface area contributed by atoms with Gasteiger partial charge >= 0.3 is 5.97 Å². The largest absolute Gasteiger partial charge is 0.497 e. The second-order valence-corrected chi connectivity index (χ2v) is 4.41. The van der Waals surface area contributed by atoms with Gasteiger partial charge in [0.1, 0.15) is 5.75 Å². The molecule has 0 aliphatic carbocycles. The quantitative estimate of drug-likeness (QED) is 0.428. The van der Waals surface area contributed by atoms with E-state index in [1.54, 1.807) is 13.2 Å². The highest BCUT2D eigenvalue weighted by Gasteiger charge is 2.02. The summed E-state index contributed by atoms with van der Waals surface area (Å²) in [6.07, 6.45) is 8.32. The normalized spacial score (nSPS) is 11.7. The molecule has 0 bridgehead atoms. The molecule has 108 valence electrons. The summed E-state index contributed by atoms with van der Waals surface area (Å²) in [5, 5.41) is 0. The Morgan fingerprint density at radius 3 is 2.75 bits per heavy atom. The first-order chi connectivity index (χ1) is 9.71. The van der Waals surface area contributed by atoms with E-state index in [-0.39, 0.29) is 5.97 Å². The van der Waals surface area contributed by atoms with Crippen LogP contribution < -0.4 is 4.74 Å². The number of benzene rings is 1. The predicted octanol–water partition coefficient (Wildman–Crippen LogP) is 4.00. The van der Waals surface area contributed by atoms with Crippen LogP contribution in [-0.4, -0.2) is 20.2 Å². The summed E-state index contributed by atoms with van der Waals surface area (Å²) in [7, 11) is 3.03. The summed E-state index contributed by atoms with van der Waals surface area (Å²) in [5.41, 5.74) is 2.30. The van der Waals surface area contributed by atoms with Gasteiger partial charge in [-0.2, -0.15) is 0 Å². The maximum Gasteiger partial charge on any atom is 0.330 e. The van der Waals surface area contributed by atoms with E-state index in [9.17, 15) is 4.79 Å². The first-order valence-corrected chi connectivity index (χ1v) is 6.80. The number of allylic oxidation sites excluding steroid dienone is 3. The lowest BCUT2D eigenvalue weighted by Crippen LogP contribution is -1.93. The molecule has 3 nitrogen and oxygen atoms in total. The van der Waals surface area contributed by atoms with Crippen molar-refractivity contribution >= 4 is 11.5 Å². The van der Waals surface area contributed by atoms with Crippen molar-refractivity contribution in [3.63, 3.8) is 0 Å². The summed E-state index contributed by atoms with van der Waals surface area (Å²) in [6.45, 7) is 2.16. The summed E-state index contributed by atoms with van der Waals surface area (Å²) in [4.78, 5) is 11.1. The summed E-state index contributed by atoms with van der Waals surface area (Å²) in [6, 6.07) is 7.95. The van der Waals surface area contributed by atoms with Crippen molar-refractivity contribution in [3.8, 4) is 5.75 Å². The second-order valence-electron chi connectivity index (χ2n) is 4.41. The number of methoxy groups -OCH3 is 2.